The Labute approximate surface area is 169 Å². The van der Waals surface area contributed by atoms with Gasteiger partial charge in [-0.1, -0.05) is 24.3 Å². The van der Waals surface area contributed by atoms with Gasteiger partial charge in [-0.3, -0.25) is 14.6 Å². The molecular weight excluding hydrogens is 364 g/mol. The second kappa shape index (κ2) is 7.35. The number of aromatic nitrogens is 2. The number of rotatable bonds is 3. The van der Waals surface area contributed by atoms with Crippen molar-refractivity contribution in [1.82, 2.24) is 19.8 Å². The molecule has 1 aliphatic carbocycles. The van der Waals surface area contributed by atoms with Gasteiger partial charge in [0.2, 0.25) is 11.8 Å². The number of nitrogens with one attached hydrogen (secondary N) is 1. The second-order valence-corrected chi connectivity index (χ2v) is 7.88. The predicted octanol–water partition coefficient (Wildman–Crippen LogP) is 2.51. The standard InChI is InChI=1S/C23H24N4O2/c28-21(14-17-15-25-20-6-2-1-5-18(17)20)26-10-12-27(13-11-26)23(29)19-8-7-16-4-3-9-24-22(16)19/h1-6,9,15,19,25H,7-8,10-14H2. The first kappa shape index (κ1) is 17.9. The van der Waals surface area contributed by atoms with Crippen LogP contribution in [0.3, 0.4) is 0 Å². The first-order chi connectivity index (χ1) is 14.2. The number of fused-ring (bicyclic) bond motifs is 2. The number of hydrogen-bond acceptors (Lipinski definition) is 3. The number of piperazine rings is 1. The summed E-state index contributed by atoms with van der Waals surface area (Å²) < 4.78 is 0. The molecule has 1 N–H and O–H groups in total. The van der Waals surface area contributed by atoms with Crippen LogP contribution in [0.15, 0.2) is 48.8 Å². The Bertz CT molecular complexity index is 1070. The third-order valence-electron chi connectivity index (χ3n) is 6.22. The van der Waals surface area contributed by atoms with Crippen molar-refractivity contribution in [2.75, 3.05) is 26.2 Å². The van der Waals surface area contributed by atoms with Crippen molar-refractivity contribution in [3.8, 4) is 0 Å². The molecule has 148 valence electrons. The number of H-pyrrole nitrogens is 1. The summed E-state index contributed by atoms with van der Waals surface area (Å²) in [6.07, 6.45) is 5.84. The maximum absolute atomic E-state index is 13.0. The Morgan fingerprint density at radius 3 is 2.69 bits per heavy atom. The highest BCUT2D eigenvalue weighted by atomic mass is 16.2. The van der Waals surface area contributed by atoms with E-state index in [1.807, 2.05) is 46.3 Å². The summed E-state index contributed by atoms with van der Waals surface area (Å²) >= 11 is 0. The number of benzene rings is 1. The topological polar surface area (TPSA) is 69.3 Å². The van der Waals surface area contributed by atoms with Crippen LogP contribution in [-0.4, -0.2) is 57.8 Å². The van der Waals surface area contributed by atoms with Crippen LogP contribution in [-0.2, 0) is 22.4 Å². The molecule has 0 spiro atoms. The number of aryl methyl sites for hydroxylation is 1. The van der Waals surface area contributed by atoms with Crippen LogP contribution in [0, 0.1) is 0 Å². The summed E-state index contributed by atoms with van der Waals surface area (Å²) in [4.78, 5) is 37.3. The van der Waals surface area contributed by atoms with E-state index in [0.29, 0.717) is 32.6 Å². The lowest BCUT2D eigenvalue weighted by Crippen LogP contribution is -2.51. The number of amides is 2. The van der Waals surface area contributed by atoms with E-state index in [-0.39, 0.29) is 17.7 Å². The SMILES string of the molecule is O=C(Cc1c[nH]c2ccccc12)N1CCN(C(=O)C2CCc3cccnc32)CC1. The molecule has 29 heavy (non-hydrogen) atoms. The molecule has 2 aromatic heterocycles. The average molecular weight is 388 g/mol. The molecule has 1 saturated heterocycles. The fraction of sp³-hybridized carbons (Fsp3) is 0.348. The lowest BCUT2D eigenvalue weighted by atomic mass is 10.0. The largest absolute Gasteiger partial charge is 0.361 e. The molecule has 0 bridgehead atoms. The predicted molar refractivity (Wildman–Crippen MR) is 110 cm³/mol. The van der Waals surface area contributed by atoms with Gasteiger partial charge in [-0.05, 0) is 36.1 Å². The Morgan fingerprint density at radius 1 is 1.03 bits per heavy atom. The smallest absolute Gasteiger partial charge is 0.231 e. The molecule has 5 rings (SSSR count). The van der Waals surface area contributed by atoms with Crippen LogP contribution in [0.25, 0.3) is 10.9 Å². The van der Waals surface area contributed by atoms with Crippen molar-refractivity contribution < 1.29 is 9.59 Å². The highest BCUT2D eigenvalue weighted by Gasteiger charge is 2.34. The number of carbonyl (C=O) groups excluding carboxylic acids is 2. The summed E-state index contributed by atoms with van der Waals surface area (Å²) in [6.45, 7) is 2.37. The molecule has 6 nitrogen and oxygen atoms in total. The molecule has 1 aromatic carbocycles. The van der Waals surface area contributed by atoms with E-state index in [4.69, 9.17) is 0 Å². The van der Waals surface area contributed by atoms with E-state index in [9.17, 15) is 9.59 Å². The van der Waals surface area contributed by atoms with Crippen molar-refractivity contribution in [2.45, 2.75) is 25.2 Å². The van der Waals surface area contributed by atoms with Crippen molar-refractivity contribution in [3.63, 3.8) is 0 Å². The third kappa shape index (κ3) is 3.28. The molecule has 6 heteroatoms. The van der Waals surface area contributed by atoms with Gasteiger partial charge in [-0.2, -0.15) is 0 Å². The minimum absolute atomic E-state index is 0.120. The Morgan fingerprint density at radius 2 is 1.83 bits per heavy atom. The summed E-state index contributed by atoms with van der Waals surface area (Å²) in [6, 6.07) is 12.0. The zero-order valence-corrected chi connectivity index (χ0v) is 16.3. The van der Waals surface area contributed by atoms with E-state index < -0.39 is 0 Å². The maximum atomic E-state index is 13.0. The summed E-state index contributed by atoms with van der Waals surface area (Å²) in [5.74, 6) is 0.153. The zero-order valence-electron chi connectivity index (χ0n) is 16.3. The molecule has 0 radical (unpaired) electrons. The minimum Gasteiger partial charge on any atom is -0.361 e. The van der Waals surface area contributed by atoms with Crippen LogP contribution < -0.4 is 0 Å². The maximum Gasteiger partial charge on any atom is 0.231 e. The summed E-state index contributed by atoms with van der Waals surface area (Å²) in [5, 5.41) is 1.10. The minimum atomic E-state index is -0.125. The summed E-state index contributed by atoms with van der Waals surface area (Å²) in [5.41, 5.74) is 4.21. The molecule has 1 unspecified atom stereocenters. The van der Waals surface area contributed by atoms with E-state index in [2.05, 4.69) is 16.0 Å². The number of carbonyl (C=O) groups is 2. The third-order valence-corrected chi connectivity index (χ3v) is 6.22. The van der Waals surface area contributed by atoms with Gasteiger partial charge in [0, 0.05) is 49.5 Å². The number of aromatic amines is 1. The summed E-state index contributed by atoms with van der Waals surface area (Å²) in [7, 11) is 0. The first-order valence-electron chi connectivity index (χ1n) is 10.3. The average Bonchev–Trinajstić information content (AvgIpc) is 3.38. The van der Waals surface area contributed by atoms with Gasteiger partial charge in [-0.25, -0.2) is 0 Å². The van der Waals surface area contributed by atoms with Gasteiger partial charge < -0.3 is 14.8 Å². The highest BCUT2D eigenvalue weighted by molar-refractivity contribution is 5.89. The van der Waals surface area contributed by atoms with E-state index in [0.717, 1.165) is 35.0 Å². The molecule has 2 aliphatic rings. The van der Waals surface area contributed by atoms with Crippen molar-refractivity contribution in [3.05, 3.63) is 65.6 Å². The van der Waals surface area contributed by atoms with Crippen LogP contribution >= 0.6 is 0 Å². The van der Waals surface area contributed by atoms with Gasteiger partial charge in [0.25, 0.3) is 0 Å². The van der Waals surface area contributed by atoms with E-state index >= 15 is 0 Å². The van der Waals surface area contributed by atoms with Crippen molar-refractivity contribution in [1.29, 1.82) is 0 Å². The number of pyridine rings is 1. The second-order valence-electron chi connectivity index (χ2n) is 7.88. The quantitative estimate of drug-likeness (QED) is 0.750. The van der Waals surface area contributed by atoms with Gasteiger partial charge in [0.15, 0.2) is 0 Å². The van der Waals surface area contributed by atoms with Crippen LogP contribution in [0.5, 0.6) is 0 Å². The molecule has 3 aromatic rings. The molecule has 1 aliphatic heterocycles. The number of hydrogen-bond donors (Lipinski definition) is 1. The molecule has 3 heterocycles. The van der Waals surface area contributed by atoms with Crippen molar-refractivity contribution >= 4 is 22.7 Å². The Kier molecular flexibility index (Phi) is 4.54. The van der Waals surface area contributed by atoms with Gasteiger partial charge in [0.05, 0.1) is 18.0 Å². The zero-order chi connectivity index (χ0) is 19.8. The first-order valence-corrected chi connectivity index (χ1v) is 10.3. The van der Waals surface area contributed by atoms with Gasteiger partial charge in [-0.15, -0.1) is 0 Å². The fourth-order valence-corrected chi connectivity index (χ4v) is 4.60. The van der Waals surface area contributed by atoms with Gasteiger partial charge >= 0.3 is 0 Å². The number of nitrogens with zero attached hydrogens (tertiary/aromatic N) is 3. The van der Waals surface area contributed by atoms with E-state index in [1.165, 1.54) is 5.56 Å². The van der Waals surface area contributed by atoms with Crippen LogP contribution in [0.1, 0.15) is 29.2 Å². The molecule has 2 amide bonds. The van der Waals surface area contributed by atoms with Gasteiger partial charge in [0.1, 0.15) is 0 Å². The van der Waals surface area contributed by atoms with E-state index in [1.54, 1.807) is 6.20 Å². The van der Waals surface area contributed by atoms with Crippen molar-refractivity contribution in [2.24, 2.45) is 0 Å². The monoisotopic (exact) mass is 388 g/mol. The molecule has 1 atom stereocenters. The number of para-hydroxylation sites is 1. The van der Waals surface area contributed by atoms with Crippen LogP contribution in [0.4, 0.5) is 0 Å². The highest BCUT2D eigenvalue weighted by Crippen LogP contribution is 2.32. The fourth-order valence-electron chi connectivity index (χ4n) is 4.60. The lowest BCUT2D eigenvalue weighted by molar-refractivity contribution is -0.140. The Hall–Kier alpha value is -3.15. The molecular formula is C23H24N4O2. The normalized spacial score (nSPS) is 18.8. The molecule has 1 fully saturated rings. The Balaban J connectivity index is 1.20. The van der Waals surface area contributed by atoms with Crippen LogP contribution in [0.2, 0.25) is 0 Å². The lowest BCUT2D eigenvalue weighted by Gasteiger charge is -2.36. The molecule has 0 saturated carbocycles.